The van der Waals surface area contributed by atoms with Crippen molar-refractivity contribution in [3.8, 4) is 0 Å². The zero-order chi connectivity index (χ0) is 19.9. The van der Waals surface area contributed by atoms with E-state index in [-0.39, 0.29) is 17.6 Å². The predicted molar refractivity (Wildman–Crippen MR) is 109 cm³/mol. The normalized spacial score (nSPS) is 13.6. The number of Topliss-reactive ketones (excluding diaryl/α,β-unsaturated/α-hetero) is 1. The second-order valence-corrected chi connectivity index (χ2v) is 7.11. The summed E-state index contributed by atoms with van der Waals surface area (Å²) in [6.45, 7) is 8.56. The van der Waals surface area contributed by atoms with Gasteiger partial charge in [-0.05, 0) is 44.2 Å². The molecular weight excluding hydrogens is 338 g/mol. The average Bonchev–Trinajstić information content (AvgIpc) is 2.68. The van der Waals surface area contributed by atoms with Crippen LogP contribution in [0.2, 0.25) is 0 Å². The molecule has 4 heteroatoms. The molecule has 0 saturated carbocycles. The standard InChI is InChI=1S/C23H33NO3/c1-4-10-22(15-19(2)20(3)17-27-18-25)23(26)13-8-6-5-7-11-21-12-9-14-24-16-21/h4,9,12,14-16,18,20,22H,1,5-8,10-11,13,17H2,2-3H3/b19-15+. The highest BCUT2D eigenvalue weighted by atomic mass is 16.5. The number of ketones is 1. The van der Waals surface area contributed by atoms with Crippen molar-refractivity contribution in [3.63, 3.8) is 0 Å². The quantitative estimate of drug-likeness (QED) is 0.245. The first-order valence-corrected chi connectivity index (χ1v) is 9.84. The van der Waals surface area contributed by atoms with Crippen LogP contribution in [0.15, 0.2) is 48.8 Å². The molecule has 1 heterocycles. The van der Waals surface area contributed by atoms with Crippen molar-refractivity contribution >= 4 is 12.3 Å². The van der Waals surface area contributed by atoms with E-state index >= 15 is 0 Å². The van der Waals surface area contributed by atoms with E-state index in [2.05, 4.69) is 17.6 Å². The lowest BCUT2D eigenvalue weighted by atomic mass is 9.91. The number of allylic oxidation sites excluding steroid dienone is 2. The van der Waals surface area contributed by atoms with Gasteiger partial charge < -0.3 is 4.74 Å². The number of hydrogen-bond donors (Lipinski definition) is 0. The van der Waals surface area contributed by atoms with Crippen LogP contribution in [0.5, 0.6) is 0 Å². The van der Waals surface area contributed by atoms with Crippen molar-refractivity contribution in [1.29, 1.82) is 0 Å². The Morgan fingerprint density at radius 3 is 2.74 bits per heavy atom. The third kappa shape index (κ3) is 9.88. The molecule has 0 aliphatic carbocycles. The van der Waals surface area contributed by atoms with Gasteiger partial charge in [-0.25, -0.2) is 0 Å². The Labute approximate surface area is 163 Å². The third-order valence-electron chi connectivity index (χ3n) is 4.85. The van der Waals surface area contributed by atoms with Gasteiger partial charge >= 0.3 is 0 Å². The fraction of sp³-hybridized carbons (Fsp3) is 0.522. The fourth-order valence-corrected chi connectivity index (χ4v) is 2.98. The largest absolute Gasteiger partial charge is 0.467 e. The summed E-state index contributed by atoms with van der Waals surface area (Å²) >= 11 is 0. The Morgan fingerprint density at radius 1 is 1.30 bits per heavy atom. The van der Waals surface area contributed by atoms with Crippen LogP contribution >= 0.6 is 0 Å². The van der Waals surface area contributed by atoms with E-state index in [9.17, 15) is 9.59 Å². The summed E-state index contributed by atoms with van der Waals surface area (Å²) in [6, 6.07) is 4.07. The molecule has 4 nitrogen and oxygen atoms in total. The lowest BCUT2D eigenvalue weighted by molar-refractivity contribution is -0.129. The number of hydrogen-bond acceptors (Lipinski definition) is 4. The molecule has 0 N–H and O–H groups in total. The maximum Gasteiger partial charge on any atom is 0.293 e. The summed E-state index contributed by atoms with van der Waals surface area (Å²) in [4.78, 5) is 27.0. The minimum absolute atomic E-state index is 0.114. The molecule has 2 unspecified atom stereocenters. The van der Waals surface area contributed by atoms with Gasteiger partial charge in [-0.15, -0.1) is 6.58 Å². The SMILES string of the molecule is C=CCC(/C=C(\C)C(C)COC=O)C(=O)CCCCCCc1cccnc1. The van der Waals surface area contributed by atoms with E-state index in [1.807, 2.05) is 32.2 Å². The summed E-state index contributed by atoms with van der Waals surface area (Å²) < 4.78 is 4.82. The van der Waals surface area contributed by atoms with Crippen molar-refractivity contribution in [1.82, 2.24) is 4.98 Å². The Balaban J connectivity index is 2.35. The van der Waals surface area contributed by atoms with Gasteiger partial charge in [-0.1, -0.05) is 43.6 Å². The number of aryl methyl sites for hydroxylation is 1. The monoisotopic (exact) mass is 371 g/mol. The van der Waals surface area contributed by atoms with Crippen molar-refractivity contribution in [2.45, 2.75) is 58.8 Å². The van der Waals surface area contributed by atoms with E-state index in [1.54, 1.807) is 12.3 Å². The second-order valence-electron chi connectivity index (χ2n) is 7.11. The van der Waals surface area contributed by atoms with E-state index in [0.717, 1.165) is 37.7 Å². The van der Waals surface area contributed by atoms with Crippen molar-refractivity contribution in [2.24, 2.45) is 11.8 Å². The smallest absolute Gasteiger partial charge is 0.293 e. The molecule has 1 rings (SSSR count). The number of ether oxygens (including phenoxy) is 1. The van der Waals surface area contributed by atoms with E-state index in [1.165, 1.54) is 5.56 Å². The lowest BCUT2D eigenvalue weighted by Crippen LogP contribution is -2.14. The van der Waals surface area contributed by atoms with E-state index in [0.29, 0.717) is 25.9 Å². The molecule has 0 fully saturated rings. The Hall–Kier alpha value is -2.23. The molecular formula is C23H33NO3. The second kappa shape index (κ2) is 13.9. The number of carbonyl (C=O) groups is 2. The van der Waals surface area contributed by atoms with E-state index < -0.39 is 0 Å². The zero-order valence-corrected chi connectivity index (χ0v) is 16.7. The fourth-order valence-electron chi connectivity index (χ4n) is 2.98. The molecule has 0 saturated heterocycles. The molecule has 0 aliphatic heterocycles. The highest BCUT2D eigenvalue weighted by Crippen LogP contribution is 2.19. The Morgan fingerprint density at radius 2 is 2.07 bits per heavy atom. The van der Waals surface area contributed by atoms with Gasteiger partial charge in [0, 0.05) is 30.7 Å². The Kier molecular flexibility index (Phi) is 11.7. The molecule has 0 spiro atoms. The summed E-state index contributed by atoms with van der Waals surface area (Å²) in [5, 5.41) is 0. The highest BCUT2D eigenvalue weighted by Gasteiger charge is 2.16. The number of unbranched alkanes of at least 4 members (excludes halogenated alkanes) is 3. The number of aromatic nitrogens is 1. The minimum Gasteiger partial charge on any atom is -0.467 e. The van der Waals surface area contributed by atoms with Gasteiger partial charge in [0.25, 0.3) is 6.47 Å². The highest BCUT2D eigenvalue weighted by molar-refractivity contribution is 5.82. The van der Waals surface area contributed by atoms with Crippen LogP contribution in [0.25, 0.3) is 0 Å². The molecule has 27 heavy (non-hydrogen) atoms. The van der Waals surface area contributed by atoms with Gasteiger partial charge in [-0.2, -0.15) is 0 Å². The van der Waals surface area contributed by atoms with Crippen molar-refractivity contribution in [3.05, 3.63) is 54.4 Å². The molecule has 0 amide bonds. The molecule has 0 radical (unpaired) electrons. The maximum absolute atomic E-state index is 12.6. The van der Waals surface area contributed by atoms with Crippen LogP contribution < -0.4 is 0 Å². The summed E-state index contributed by atoms with van der Waals surface area (Å²) in [6.07, 6.45) is 14.1. The molecule has 0 aromatic carbocycles. The summed E-state index contributed by atoms with van der Waals surface area (Å²) in [5.41, 5.74) is 2.35. The van der Waals surface area contributed by atoms with Crippen LogP contribution in [0.4, 0.5) is 0 Å². The van der Waals surface area contributed by atoms with Crippen LogP contribution in [0, 0.1) is 11.8 Å². The van der Waals surface area contributed by atoms with E-state index in [4.69, 9.17) is 4.74 Å². The topological polar surface area (TPSA) is 56.3 Å². The number of pyridine rings is 1. The summed E-state index contributed by atoms with van der Waals surface area (Å²) in [5.74, 6) is 0.254. The average molecular weight is 372 g/mol. The molecule has 0 bridgehead atoms. The van der Waals surface area contributed by atoms with Gasteiger partial charge in [0.15, 0.2) is 0 Å². The molecule has 0 aliphatic rings. The van der Waals surface area contributed by atoms with Crippen molar-refractivity contribution < 1.29 is 14.3 Å². The van der Waals surface area contributed by atoms with Gasteiger partial charge in [0.2, 0.25) is 0 Å². The first-order valence-electron chi connectivity index (χ1n) is 9.84. The third-order valence-corrected chi connectivity index (χ3v) is 4.85. The van der Waals surface area contributed by atoms with Gasteiger partial charge in [0.1, 0.15) is 5.78 Å². The van der Waals surface area contributed by atoms with Crippen LogP contribution in [0.1, 0.15) is 57.9 Å². The number of nitrogens with zero attached hydrogens (tertiary/aromatic N) is 1. The minimum atomic E-state index is -0.128. The molecule has 148 valence electrons. The van der Waals surface area contributed by atoms with Crippen molar-refractivity contribution in [2.75, 3.05) is 6.61 Å². The number of rotatable bonds is 15. The molecule has 1 aromatic rings. The first kappa shape index (κ1) is 22.8. The van der Waals surface area contributed by atoms with Crippen LogP contribution in [0.3, 0.4) is 0 Å². The van der Waals surface area contributed by atoms with Gasteiger partial charge in [0.05, 0.1) is 6.61 Å². The predicted octanol–water partition coefficient (Wildman–Crippen LogP) is 5.09. The van der Waals surface area contributed by atoms with Crippen LogP contribution in [-0.2, 0) is 20.7 Å². The van der Waals surface area contributed by atoms with Crippen LogP contribution in [-0.4, -0.2) is 23.8 Å². The Bertz CT molecular complexity index is 595. The molecule has 1 aromatic heterocycles. The van der Waals surface area contributed by atoms with Gasteiger partial charge in [-0.3, -0.25) is 14.6 Å². The maximum atomic E-state index is 12.6. The summed E-state index contributed by atoms with van der Waals surface area (Å²) in [7, 11) is 0. The zero-order valence-electron chi connectivity index (χ0n) is 16.7. The molecule has 2 atom stereocenters. The lowest BCUT2D eigenvalue weighted by Gasteiger charge is -2.15. The first-order chi connectivity index (χ1) is 13.1. The number of carbonyl (C=O) groups excluding carboxylic acids is 2.